The van der Waals surface area contributed by atoms with Crippen molar-refractivity contribution < 1.29 is 4.79 Å². The molecule has 2 saturated carbocycles. The van der Waals surface area contributed by atoms with Gasteiger partial charge in [0, 0.05) is 18.2 Å². The molecule has 0 N–H and O–H groups in total. The van der Waals surface area contributed by atoms with Crippen LogP contribution in [-0.4, -0.2) is 16.8 Å². The lowest BCUT2D eigenvalue weighted by Gasteiger charge is -2.24. The van der Waals surface area contributed by atoms with Gasteiger partial charge in [-0.25, -0.2) is 0 Å². The van der Waals surface area contributed by atoms with Crippen LogP contribution in [0.25, 0.3) is 0 Å². The van der Waals surface area contributed by atoms with Gasteiger partial charge in [0.15, 0.2) is 0 Å². The van der Waals surface area contributed by atoms with E-state index in [4.69, 9.17) is 0 Å². The van der Waals surface area contributed by atoms with Crippen LogP contribution in [0.5, 0.6) is 0 Å². The van der Waals surface area contributed by atoms with Gasteiger partial charge in [0.25, 0.3) is 5.91 Å². The molecule has 2 aliphatic carbocycles. The van der Waals surface area contributed by atoms with Gasteiger partial charge >= 0.3 is 0 Å². The number of fused-ring (bicyclic) bond motifs is 1. The summed E-state index contributed by atoms with van der Waals surface area (Å²) < 4.78 is 0. The number of amides is 1. The second-order valence-corrected chi connectivity index (χ2v) is 6.89. The Labute approximate surface area is 138 Å². The topological polar surface area (TPSA) is 20.3 Å². The zero-order chi connectivity index (χ0) is 15.6. The van der Waals surface area contributed by atoms with Crippen molar-refractivity contribution in [2.75, 3.05) is 0 Å². The smallest absolute Gasteiger partial charge is 0.254 e. The Morgan fingerprint density at radius 2 is 1.43 bits per heavy atom. The number of nitrogens with zero attached hydrogens (tertiary/aromatic N) is 1. The summed E-state index contributed by atoms with van der Waals surface area (Å²) in [5.74, 6) is 1.66. The molecule has 118 valence electrons. The Morgan fingerprint density at radius 3 is 2.04 bits per heavy atom. The van der Waals surface area contributed by atoms with E-state index in [0.717, 1.165) is 23.9 Å². The lowest BCUT2D eigenvalue weighted by atomic mass is 10.0. The second kappa shape index (κ2) is 6.19. The molecule has 4 rings (SSSR count). The molecule has 1 unspecified atom stereocenters. The van der Waals surface area contributed by atoms with E-state index in [1.54, 1.807) is 0 Å². The zero-order valence-electron chi connectivity index (χ0n) is 13.4. The summed E-state index contributed by atoms with van der Waals surface area (Å²) >= 11 is 0. The zero-order valence-corrected chi connectivity index (χ0v) is 13.4. The summed E-state index contributed by atoms with van der Waals surface area (Å²) in [6, 6.07) is 20.6. The second-order valence-electron chi connectivity index (χ2n) is 6.89. The standard InChI is InChI=1S/C21H23NO/c23-21(17-11-5-2-6-12-17)22(15-16-9-3-1-4-10-16)20-18-13-7-8-14-19(18)20/h1-6,9-12,18-20H,7-8,13-15H2/t18-,19+,20?. The van der Waals surface area contributed by atoms with Crippen LogP contribution < -0.4 is 0 Å². The predicted molar refractivity (Wildman–Crippen MR) is 92.0 cm³/mol. The van der Waals surface area contributed by atoms with E-state index in [0.29, 0.717) is 6.04 Å². The van der Waals surface area contributed by atoms with Gasteiger partial charge in [0.2, 0.25) is 0 Å². The number of rotatable bonds is 4. The van der Waals surface area contributed by atoms with E-state index >= 15 is 0 Å². The lowest BCUT2D eigenvalue weighted by Crippen LogP contribution is -2.34. The monoisotopic (exact) mass is 305 g/mol. The van der Waals surface area contributed by atoms with Gasteiger partial charge in [-0.2, -0.15) is 0 Å². The van der Waals surface area contributed by atoms with Gasteiger partial charge in [-0.05, 0) is 42.4 Å². The molecule has 0 saturated heterocycles. The highest BCUT2D eigenvalue weighted by molar-refractivity contribution is 5.94. The highest BCUT2D eigenvalue weighted by atomic mass is 16.2. The fourth-order valence-corrected chi connectivity index (χ4v) is 4.26. The van der Waals surface area contributed by atoms with Crippen molar-refractivity contribution in [1.82, 2.24) is 4.90 Å². The average Bonchev–Trinajstić information content (AvgIpc) is 3.35. The van der Waals surface area contributed by atoms with Crippen LogP contribution in [0.2, 0.25) is 0 Å². The molecule has 0 heterocycles. The summed E-state index contributed by atoms with van der Waals surface area (Å²) in [4.78, 5) is 15.2. The third-order valence-corrected chi connectivity index (χ3v) is 5.45. The Balaban J connectivity index is 1.60. The maximum absolute atomic E-state index is 13.1. The fourth-order valence-electron chi connectivity index (χ4n) is 4.26. The lowest BCUT2D eigenvalue weighted by molar-refractivity contribution is 0.0713. The van der Waals surface area contributed by atoms with Crippen LogP contribution >= 0.6 is 0 Å². The van der Waals surface area contributed by atoms with E-state index in [1.165, 1.54) is 31.2 Å². The van der Waals surface area contributed by atoms with Crippen molar-refractivity contribution in [2.45, 2.75) is 38.3 Å². The Kier molecular flexibility index (Phi) is 3.90. The number of carbonyl (C=O) groups is 1. The van der Waals surface area contributed by atoms with Crippen molar-refractivity contribution in [3.05, 3.63) is 71.8 Å². The van der Waals surface area contributed by atoms with Crippen molar-refractivity contribution in [2.24, 2.45) is 11.8 Å². The molecule has 2 fully saturated rings. The number of hydrogen-bond acceptors (Lipinski definition) is 1. The molecule has 23 heavy (non-hydrogen) atoms. The number of carbonyl (C=O) groups excluding carboxylic acids is 1. The molecule has 0 bridgehead atoms. The van der Waals surface area contributed by atoms with E-state index < -0.39 is 0 Å². The predicted octanol–water partition coefficient (Wildman–Crippen LogP) is 4.52. The summed E-state index contributed by atoms with van der Waals surface area (Å²) in [5.41, 5.74) is 2.03. The largest absolute Gasteiger partial charge is 0.331 e. The molecule has 2 nitrogen and oxygen atoms in total. The molecule has 2 aromatic rings. The van der Waals surface area contributed by atoms with Crippen LogP contribution in [0, 0.1) is 11.8 Å². The van der Waals surface area contributed by atoms with Crippen LogP contribution in [0.3, 0.4) is 0 Å². The van der Waals surface area contributed by atoms with Gasteiger partial charge in [-0.3, -0.25) is 4.79 Å². The molecule has 0 radical (unpaired) electrons. The third-order valence-electron chi connectivity index (χ3n) is 5.45. The van der Waals surface area contributed by atoms with E-state index in [1.807, 2.05) is 36.4 Å². The van der Waals surface area contributed by atoms with Crippen LogP contribution in [0.15, 0.2) is 60.7 Å². The third kappa shape index (κ3) is 2.90. The fraction of sp³-hybridized carbons (Fsp3) is 0.381. The van der Waals surface area contributed by atoms with Crippen LogP contribution in [-0.2, 0) is 6.54 Å². The van der Waals surface area contributed by atoms with Crippen molar-refractivity contribution in [1.29, 1.82) is 0 Å². The summed E-state index contributed by atoms with van der Waals surface area (Å²) in [7, 11) is 0. The molecule has 2 aromatic carbocycles. The maximum atomic E-state index is 13.1. The van der Waals surface area contributed by atoms with Gasteiger partial charge in [-0.1, -0.05) is 61.4 Å². The highest BCUT2D eigenvalue weighted by Crippen LogP contribution is 2.53. The molecular formula is C21H23NO. The summed E-state index contributed by atoms with van der Waals surface area (Å²) in [6.45, 7) is 0.728. The normalized spacial score (nSPS) is 25.5. The molecule has 1 amide bonds. The first-order valence-corrected chi connectivity index (χ1v) is 8.74. The summed E-state index contributed by atoms with van der Waals surface area (Å²) in [6.07, 6.45) is 5.25. The quantitative estimate of drug-likeness (QED) is 0.813. The first kappa shape index (κ1) is 14.5. The molecule has 3 atom stereocenters. The Bertz CT molecular complexity index is 655. The molecule has 2 aliphatic rings. The molecular weight excluding hydrogens is 282 g/mol. The van der Waals surface area contributed by atoms with Crippen LogP contribution in [0.1, 0.15) is 41.6 Å². The first-order chi connectivity index (χ1) is 11.3. The molecule has 0 aliphatic heterocycles. The number of hydrogen-bond donors (Lipinski definition) is 0. The Morgan fingerprint density at radius 1 is 0.870 bits per heavy atom. The van der Waals surface area contributed by atoms with Gasteiger partial charge < -0.3 is 4.90 Å². The van der Waals surface area contributed by atoms with Gasteiger partial charge in [0.1, 0.15) is 0 Å². The molecule has 0 spiro atoms. The van der Waals surface area contributed by atoms with E-state index in [9.17, 15) is 4.79 Å². The maximum Gasteiger partial charge on any atom is 0.254 e. The summed E-state index contributed by atoms with van der Waals surface area (Å²) in [5, 5.41) is 0. The minimum absolute atomic E-state index is 0.189. The molecule has 0 aromatic heterocycles. The average molecular weight is 305 g/mol. The van der Waals surface area contributed by atoms with Crippen molar-refractivity contribution >= 4 is 5.91 Å². The first-order valence-electron chi connectivity index (χ1n) is 8.74. The highest BCUT2D eigenvalue weighted by Gasteiger charge is 2.54. The molecule has 2 heteroatoms. The SMILES string of the molecule is O=C(c1ccccc1)N(Cc1ccccc1)C1[C@H]2CCCC[C@@H]12. The van der Waals surface area contributed by atoms with E-state index in [2.05, 4.69) is 29.2 Å². The van der Waals surface area contributed by atoms with Gasteiger partial charge in [-0.15, -0.1) is 0 Å². The van der Waals surface area contributed by atoms with Gasteiger partial charge in [0.05, 0.1) is 0 Å². The van der Waals surface area contributed by atoms with Crippen molar-refractivity contribution in [3.63, 3.8) is 0 Å². The van der Waals surface area contributed by atoms with Crippen LogP contribution in [0.4, 0.5) is 0 Å². The van der Waals surface area contributed by atoms with E-state index in [-0.39, 0.29) is 5.91 Å². The minimum atomic E-state index is 0.189. The van der Waals surface area contributed by atoms with Crippen molar-refractivity contribution in [3.8, 4) is 0 Å². The minimum Gasteiger partial charge on any atom is -0.331 e. The Hall–Kier alpha value is -2.09. The number of benzene rings is 2.